The van der Waals surface area contributed by atoms with E-state index in [2.05, 4.69) is 10.3 Å². The highest BCUT2D eigenvalue weighted by Crippen LogP contribution is 2.20. The highest BCUT2D eigenvalue weighted by Gasteiger charge is 2.09. The first kappa shape index (κ1) is 12.7. The maximum Gasteiger partial charge on any atom is 0.161 e. The van der Waals surface area contributed by atoms with Crippen molar-refractivity contribution in [1.82, 2.24) is 4.98 Å². The van der Waals surface area contributed by atoms with Gasteiger partial charge in [-0.15, -0.1) is 0 Å². The minimum atomic E-state index is -1.22. The summed E-state index contributed by atoms with van der Waals surface area (Å²) < 4.78 is 39.0. The van der Waals surface area contributed by atoms with Crippen LogP contribution >= 0.6 is 11.6 Å². The molecule has 0 radical (unpaired) electrons. The summed E-state index contributed by atoms with van der Waals surface area (Å²) in [4.78, 5) is 3.80. The lowest BCUT2D eigenvalue weighted by atomic mass is 10.2. The summed E-state index contributed by atoms with van der Waals surface area (Å²) in [6.07, 6.45) is 2.98. The molecule has 0 aliphatic carbocycles. The van der Waals surface area contributed by atoms with Crippen molar-refractivity contribution in [1.29, 1.82) is 0 Å². The third-order valence-electron chi connectivity index (χ3n) is 2.34. The molecular weight excluding hydrogens is 265 g/mol. The Morgan fingerprint density at radius 2 is 1.83 bits per heavy atom. The number of anilines is 1. The molecule has 2 nitrogen and oxygen atoms in total. The first-order chi connectivity index (χ1) is 8.58. The van der Waals surface area contributed by atoms with Crippen molar-refractivity contribution in [2.75, 3.05) is 5.32 Å². The van der Waals surface area contributed by atoms with Crippen molar-refractivity contribution >= 4 is 17.3 Å². The summed E-state index contributed by atoms with van der Waals surface area (Å²) in [6, 6.07) is 2.90. The van der Waals surface area contributed by atoms with Gasteiger partial charge >= 0.3 is 0 Å². The molecule has 94 valence electrons. The van der Waals surface area contributed by atoms with Crippen molar-refractivity contribution < 1.29 is 13.2 Å². The number of pyridine rings is 1. The lowest BCUT2D eigenvalue weighted by molar-refractivity contribution is 0.496. The highest BCUT2D eigenvalue weighted by atomic mass is 35.5. The second kappa shape index (κ2) is 5.27. The molecule has 6 heteroatoms. The molecule has 0 unspecified atom stereocenters. The Bertz CT molecular complexity index is 575. The third kappa shape index (κ3) is 2.73. The Labute approximate surface area is 106 Å². The van der Waals surface area contributed by atoms with E-state index in [9.17, 15) is 13.2 Å². The molecule has 0 bridgehead atoms. The van der Waals surface area contributed by atoms with E-state index in [1.807, 2.05) is 0 Å². The zero-order valence-electron chi connectivity index (χ0n) is 9.05. The van der Waals surface area contributed by atoms with Crippen LogP contribution in [0.25, 0.3) is 0 Å². The maximum atomic E-state index is 13.3. The predicted octanol–water partition coefficient (Wildman–Crippen LogP) is 3.76. The number of hydrogen-bond acceptors (Lipinski definition) is 2. The molecule has 0 amide bonds. The maximum absolute atomic E-state index is 13.3. The number of nitrogens with zero attached hydrogens (tertiary/aromatic N) is 1. The van der Waals surface area contributed by atoms with Crippen molar-refractivity contribution in [3.63, 3.8) is 0 Å². The zero-order chi connectivity index (χ0) is 13.1. The molecule has 18 heavy (non-hydrogen) atoms. The molecule has 0 saturated carbocycles. The molecular formula is C12H8ClF3N2. The van der Waals surface area contributed by atoms with E-state index >= 15 is 0 Å². The average molecular weight is 273 g/mol. The molecule has 1 heterocycles. The van der Waals surface area contributed by atoms with Gasteiger partial charge in [-0.1, -0.05) is 11.6 Å². The molecule has 0 saturated heterocycles. The van der Waals surface area contributed by atoms with E-state index < -0.39 is 17.5 Å². The molecule has 2 aromatic rings. The van der Waals surface area contributed by atoms with E-state index in [0.717, 1.165) is 6.07 Å². The molecule has 0 fully saturated rings. The van der Waals surface area contributed by atoms with Gasteiger partial charge < -0.3 is 5.32 Å². The van der Waals surface area contributed by atoms with Crippen LogP contribution in [-0.2, 0) is 6.54 Å². The van der Waals surface area contributed by atoms with Crippen molar-refractivity contribution in [3.05, 3.63) is 58.6 Å². The second-order valence-corrected chi connectivity index (χ2v) is 3.97. The van der Waals surface area contributed by atoms with Gasteiger partial charge in [-0.3, -0.25) is 4.98 Å². The van der Waals surface area contributed by atoms with Gasteiger partial charge in [0.1, 0.15) is 5.82 Å². The Hall–Kier alpha value is -1.75. The van der Waals surface area contributed by atoms with Gasteiger partial charge in [-0.05, 0) is 11.6 Å². The molecule has 1 aromatic heterocycles. The smallest absolute Gasteiger partial charge is 0.161 e. The number of hydrogen-bond donors (Lipinski definition) is 1. The fourth-order valence-electron chi connectivity index (χ4n) is 1.40. The molecule has 0 aliphatic heterocycles. The molecule has 2 rings (SSSR count). The summed E-state index contributed by atoms with van der Waals surface area (Å²) in [5.41, 5.74) is 0.553. The topological polar surface area (TPSA) is 24.9 Å². The first-order valence-corrected chi connectivity index (χ1v) is 5.42. The lowest BCUT2D eigenvalue weighted by Crippen LogP contribution is -2.03. The predicted molar refractivity (Wildman–Crippen MR) is 62.9 cm³/mol. The number of nitrogens with one attached hydrogen (secondary N) is 1. The lowest BCUT2D eigenvalue weighted by Gasteiger charge is -2.09. The highest BCUT2D eigenvalue weighted by molar-refractivity contribution is 6.31. The molecule has 0 aliphatic rings. The fraction of sp³-hybridized carbons (Fsp3) is 0.0833. The monoisotopic (exact) mass is 272 g/mol. The third-order valence-corrected chi connectivity index (χ3v) is 2.68. The van der Waals surface area contributed by atoms with E-state index in [4.69, 9.17) is 11.6 Å². The Morgan fingerprint density at radius 3 is 2.56 bits per heavy atom. The Kier molecular flexibility index (Phi) is 3.72. The number of rotatable bonds is 3. The van der Waals surface area contributed by atoms with Crippen LogP contribution in [0.2, 0.25) is 5.02 Å². The molecule has 0 spiro atoms. The first-order valence-electron chi connectivity index (χ1n) is 5.04. The Morgan fingerprint density at radius 1 is 1.11 bits per heavy atom. The van der Waals surface area contributed by atoms with Gasteiger partial charge in [0.05, 0.1) is 10.7 Å². The summed E-state index contributed by atoms with van der Waals surface area (Å²) in [6.45, 7) is 0.184. The van der Waals surface area contributed by atoms with Crippen molar-refractivity contribution in [2.45, 2.75) is 6.54 Å². The molecule has 0 atom stereocenters. The van der Waals surface area contributed by atoms with E-state index in [1.165, 1.54) is 12.4 Å². The number of halogens is 4. The van der Waals surface area contributed by atoms with Gasteiger partial charge in [0.15, 0.2) is 11.6 Å². The quantitative estimate of drug-likeness (QED) is 0.861. The van der Waals surface area contributed by atoms with Gasteiger partial charge in [0.25, 0.3) is 0 Å². The average Bonchev–Trinajstić information content (AvgIpc) is 2.34. The molecule has 1 aromatic carbocycles. The van der Waals surface area contributed by atoms with Crippen LogP contribution in [0.1, 0.15) is 5.56 Å². The van der Waals surface area contributed by atoms with Crippen LogP contribution in [0.3, 0.4) is 0 Å². The standard InChI is InChI=1S/C12H8ClF3N2/c13-8-6-17-2-1-7(8)5-18-12-4-10(15)9(14)3-11(12)16/h1-4,6,18H,5H2. The molecule has 1 N–H and O–H groups in total. The minimum Gasteiger partial charge on any atom is -0.378 e. The number of benzene rings is 1. The van der Waals surface area contributed by atoms with Crippen LogP contribution in [-0.4, -0.2) is 4.98 Å². The van der Waals surface area contributed by atoms with Gasteiger partial charge in [-0.25, -0.2) is 13.2 Å². The zero-order valence-corrected chi connectivity index (χ0v) is 9.81. The normalized spacial score (nSPS) is 10.4. The van der Waals surface area contributed by atoms with Gasteiger partial charge in [-0.2, -0.15) is 0 Å². The summed E-state index contributed by atoms with van der Waals surface area (Å²) in [7, 11) is 0. The van der Waals surface area contributed by atoms with E-state index in [0.29, 0.717) is 16.7 Å². The van der Waals surface area contributed by atoms with Crippen LogP contribution in [0.4, 0.5) is 18.9 Å². The fourth-order valence-corrected chi connectivity index (χ4v) is 1.58. The SMILES string of the molecule is Fc1cc(F)c(NCc2ccncc2Cl)cc1F. The van der Waals surface area contributed by atoms with Crippen molar-refractivity contribution in [2.24, 2.45) is 0 Å². The van der Waals surface area contributed by atoms with Crippen LogP contribution in [0, 0.1) is 17.5 Å². The number of aromatic nitrogens is 1. The Balaban J connectivity index is 2.16. The van der Waals surface area contributed by atoms with E-state index in [1.54, 1.807) is 6.07 Å². The van der Waals surface area contributed by atoms with Gasteiger partial charge in [0, 0.05) is 31.1 Å². The summed E-state index contributed by atoms with van der Waals surface area (Å²) in [5.74, 6) is -3.20. The summed E-state index contributed by atoms with van der Waals surface area (Å²) >= 11 is 5.86. The van der Waals surface area contributed by atoms with Crippen LogP contribution in [0.15, 0.2) is 30.6 Å². The van der Waals surface area contributed by atoms with E-state index in [-0.39, 0.29) is 12.2 Å². The minimum absolute atomic E-state index is 0.123. The van der Waals surface area contributed by atoms with Crippen LogP contribution < -0.4 is 5.32 Å². The van der Waals surface area contributed by atoms with Crippen molar-refractivity contribution in [3.8, 4) is 0 Å². The largest absolute Gasteiger partial charge is 0.378 e. The van der Waals surface area contributed by atoms with Gasteiger partial charge in [0.2, 0.25) is 0 Å². The second-order valence-electron chi connectivity index (χ2n) is 3.57. The van der Waals surface area contributed by atoms with Crippen LogP contribution in [0.5, 0.6) is 0 Å². The summed E-state index contributed by atoms with van der Waals surface area (Å²) in [5, 5.41) is 3.05.